The highest BCUT2D eigenvalue weighted by Crippen LogP contribution is 2.22. The van der Waals surface area contributed by atoms with Gasteiger partial charge in [-0.2, -0.15) is 0 Å². The second-order valence-corrected chi connectivity index (χ2v) is 6.02. The summed E-state index contributed by atoms with van der Waals surface area (Å²) in [4.78, 5) is 2.44. The fraction of sp³-hybridized carbons (Fsp3) is 0.500. The number of nitrogens with zero attached hydrogens (tertiary/aromatic N) is 1. The fourth-order valence-electron chi connectivity index (χ4n) is 2.05. The molecule has 0 spiro atoms. The van der Waals surface area contributed by atoms with Crippen molar-refractivity contribution in [3.05, 3.63) is 24.3 Å². The Kier molecular flexibility index (Phi) is 3.69. The largest absolute Gasteiger partial charge is 0.372 e. The third-order valence-corrected chi connectivity index (χ3v) is 4.39. The van der Waals surface area contributed by atoms with Crippen molar-refractivity contribution < 1.29 is 8.42 Å². The second kappa shape index (κ2) is 5.06. The molecule has 5 heteroatoms. The Bertz CT molecular complexity index is 479. The van der Waals surface area contributed by atoms with E-state index < -0.39 is 10.0 Å². The highest BCUT2D eigenvalue weighted by molar-refractivity contribution is 7.89. The quantitative estimate of drug-likeness (QED) is 0.885. The molecule has 0 amide bonds. The molecule has 2 rings (SSSR count). The van der Waals surface area contributed by atoms with Crippen molar-refractivity contribution in [2.75, 3.05) is 25.0 Å². The Labute approximate surface area is 103 Å². The van der Waals surface area contributed by atoms with Crippen LogP contribution in [-0.2, 0) is 10.0 Å². The predicted octanol–water partition coefficient (Wildman–Crippen LogP) is 1.39. The normalized spacial score (nSPS) is 17.1. The van der Waals surface area contributed by atoms with Gasteiger partial charge in [-0.25, -0.2) is 13.1 Å². The molecular weight excluding hydrogens is 236 g/mol. The van der Waals surface area contributed by atoms with Crippen LogP contribution in [0.5, 0.6) is 0 Å². The van der Waals surface area contributed by atoms with Gasteiger partial charge in [0.05, 0.1) is 4.90 Å². The number of piperidine rings is 1. The molecule has 1 radical (unpaired) electrons. The Morgan fingerprint density at radius 1 is 1.29 bits per heavy atom. The summed E-state index contributed by atoms with van der Waals surface area (Å²) in [6.07, 6.45) is 3.61. The van der Waals surface area contributed by atoms with E-state index in [-0.39, 0.29) is 4.90 Å². The maximum absolute atomic E-state index is 11.7. The maximum Gasteiger partial charge on any atom is 0.241 e. The summed E-state index contributed by atoms with van der Waals surface area (Å²) in [7, 11) is -1.98. The van der Waals surface area contributed by atoms with Crippen LogP contribution in [0.4, 0.5) is 5.69 Å². The molecule has 0 saturated carbocycles. The van der Waals surface area contributed by atoms with Crippen molar-refractivity contribution in [3.63, 3.8) is 0 Å². The Morgan fingerprint density at radius 3 is 2.65 bits per heavy atom. The molecule has 17 heavy (non-hydrogen) atoms. The van der Waals surface area contributed by atoms with E-state index >= 15 is 0 Å². The summed E-state index contributed by atoms with van der Waals surface area (Å²) < 4.78 is 25.7. The van der Waals surface area contributed by atoms with Crippen LogP contribution in [-0.4, -0.2) is 28.6 Å². The van der Waals surface area contributed by atoms with Gasteiger partial charge in [-0.05, 0) is 38.4 Å². The first kappa shape index (κ1) is 12.4. The smallest absolute Gasteiger partial charge is 0.241 e. The Balaban J connectivity index is 2.28. The zero-order valence-electron chi connectivity index (χ0n) is 9.94. The third-order valence-electron chi connectivity index (χ3n) is 3.04. The van der Waals surface area contributed by atoms with E-state index in [4.69, 9.17) is 0 Å². The van der Waals surface area contributed by atoms with Crippen molar-refractivity contribution in [2.45, 2.75) is 24.2 Å². The van der Waals surface area contributed by atoms with Gasteiger partial charge in [0.1, 0.15) is 0 Å². The first-order valence-corrected chi connectivity index (χ1v) is 7.32. The molecule has 0 atom stereocenters. The minimum Gasteiger partial charge on any atom is -0.372 e. The molecule has 0 unspecified atom stereocenters. The SMILES string of the molecule is CNS(=O)(=O)c1[c]ccc(N2CCCCC2)c1. The molecule has 1 aromatic carbocycles. The first-order valence-electron chi connectivity index (χ1n) is 5.84. The molecule has 0 aliphatic carbocycles. The molecule has 1 N–H and O–H groups in total. The minimum atomic E-state index is -3.39. The number of benzene rings is 1. The third kappa shape index (κ3) is 2.79. The predicted molar refractivity (Wildman–Crippen MR) is 67.6 cm³/mol. The summed E-state index contributed by atoms with van der Waals surface area (Å²) in [6, 6.07) is 8.05. The van der Waals surface area contributed by atoms with Gasteiger partial charge in [0, 0.05) is 24.8 Å². The minimum absolute atomic E-state index is 0.211. The average molecular weight is 253 g/mol. The summed E-state index contributed by atoms with van der Waals surface area (Å²) in [5.74, 6) is 0. The van der Waals surface area contributed by atoms with Crippen molar-refractivity contribution >= 4 is 15.7 Å². The van der Waals surface area contributed by atoms with Crippen LogP contribution in [0.15, 0.2) is 23.1 Å². The molecule has 1 saturated heterocycles. The van der Waals surface area contributed by atoms with E-state index in [1.165, 1.54) is 26.3 Å². The van der Waals surface area contributed by atoms with E-state index in [0.717, 1.165) is 18.8 Å². The van der Waals surface area contributed by atoms with Gasteiger partial charge in [0.15, 0.2) is 0 Å². The lowest BCUT2D eigenvalue weighted by Gasteiger charge is -2.29. The topological polar surface area (TPSA) is 49.4 Å². The van der Waals surface area contributed by atoms with E-state index in [1.54, 1.807) is 12.1 Å². The molecule has 0 aromatic heterocycles. The van der Waals surface area contributed by atoms with Crippen LogP contribution in [0.1, 0.15) is 19.3 Å². The van der Waals surface area contributed by atoms with E-state index in [0.29, 0.717) is 0 Å². The van der Waals surface area contributed by atoms with Crippen molar-refractivity contribution in [3.8, 4) is 0 Å². The van der Waals surface area contributed by atoms with E-state index in [2.05, 4.69) is 15.7 Å². The van der Waals surface area contributed by atoms with E-state index in [1.807, 2.05) is 6.07 Å². The number of rotatable bonds is 3. The number of anilines is 1. The van der Waals surface area contributed by atoms with Gasteiger partial charge in [0.2, 0.25) is 10.0 Å². The monoisotopic (exact) mass is 253 g/mol. The molecule has 1 aromatic rings. The Hall–Kier alpha value is -1.07. The lowest BCUT2D eigenvalue weighted by molar-refractivity contribution is 0.576. The van der Waals surface area contributed by atoms with Gasteiger partial charge >= 0.3 is 0 Å². The van der Waals surface area contributed by atoms with Crippen LogP contribution < -0.4 is 9.62 Å². The van der Waals surface area contributed by atoms with Gasteiger partial charge in [-0.15, -0.1) is 0 Å². The van der Waals surface area contributed by atoms with Gasteiger partial charge in [-0.3, -0.25) is 0 Å². The van der Waals surface area contributed by atoms with Crippen LogP contribution in [0.3, 0.4) is 0 Å². The molecule has 93 valence electrons. The lowest BCUT2D eigenvalue weighted by atomic mass is 10.1. The van der Waals surface area contributed by atoms with Crippen LogP contribution in [0.2, 0.25) is 0 Å². The van der Waals surface area contributed by atoms with Crippen LogP contribution in [0.25, 0.3) is 0 Å². The molecule has 4 nitrogen and oxygen atoms in total. The number of nitrogens with one attached hydrogen (secondary N) is 1. The summed E-state index contributed by atoms with van der Waals surface area (Å²) >= 11 is 0. The van der Waals surface area contributed by atoms with Crippen LogP contribution >= 0.6 is 0 Å². The number of hydrogen-bond acceptors (Lipinski definition) is 3. The molecule has 1 aliphatic rings. The fourth-order valence-corrected chi connectivity index (χ4v) is 2.77. The number of hydrogen-bond donors (Lipinski definition) is 1. The van der Waals surface area contributed by atoms with Crippen molar-refractivity contribution in [2.24, 2.45) is 0 Å². The van der Waals surface area contributed by atoms with Crippen LogP contribution in [0, 0.1) is 6.07 Å². The van der Waals surface area contributed by atoms with Gasteiger partial charge in [-0.1, -0.05) is 6.07 Å². The molecule has 1 heterocycles. The highest BCUT2D eigenvalue weighted by atomic mass is 32.2. The van der Waals surface area contributed by atoms with E-state index in [9.17, 15) is 8.42 Å². The molecular formula is C12H17N2O2S. The molecule has 0 bridgehead atoms. The highest BCUT2D eigenvalue weighted by Gasteiger charge is 2.15. The lowest BCUT2D eigenvalue weighted by Crippen LogP contribution is -2.29. The summed E-state index contributed by atoms with van der Waals surface area (Å²) in [5.41, 5.74) is 0.970. The molecule has 1 aliphatic heterocycles. The Morgan fingerprint density at radius 2 is 2.00 bits per heavy atom. The summed E-state index contributed by atoms with van der Waals surface area (Å²) in [6.45, 7) is 2.01. The first-order chi connectivity index (χ1) is 8.13. The maximum atomic E-state index is 11.7. The van der Waals surface area contributed by atoms with Crippen molar-refractivity contribution in [1.82, 2.24) is 4.72 Å². The van der Waals surface area contributed by atoms with Gasteiger partial charge in [0.25, 0.3) is 0 Å². The van der Waals surface area contributed by atoms with Crippen molar-refractivity contribution in [1.29, 1.82) is 0 Å². The average Bonchev–Trinajstić information content (AvgIpc) is 2.40. The molecule has 1 fully saturated rings. The van der Waals surface area contributed by atoms with Gasteiger partial charge < -0.3 is 4.90 Å². The zero-order valence-corrected chi connectivity index (χ0v) is 10.8. The standard InChI is InChI=1S/C12H17N2O2S/c1-13-17(15,16)12-7-5-6-11(10-12)14-8-3-2-4-9-14/h5-6,10,13H,2-4,8-9H2,1H3. The number of sulfonamides is 1. The summed E-state index contributed by atoms with van der Waals surface area (Å²) in [5, 5.41) is 0. The zero-order chi connectivity index (χ0) is 12.3. The second-order valence-electron chi connectivity index (χ2n) is 4.17.